The van der Waals surface area contributed by atoms with Gasteiger partial charge in [0.15, 0.2) is 25.0 Å². The highest BCUT2D eigenvalue weighted by Crippen LogP contribution is 2.48. The third-order valence-corrected chi connectivity index (χ3v) is 10.3. The van der Waals surface area contributed by atoms with Gasteiger partial charge in [0, 0.05) is 35.5 Å². The van der Waals surface area contributed by atoms with Crippen molar-refractivity contribution in [3.63, 3.8) is 0 Å². The number of rotatable bonds is 11. The van der Waals surface area contributed by atoms with Gasteiger partial charge in [-0.3, -0.25) is 0 Å². The molecule has 0 amide bonds. The Labute approximate surface area is 283 Å². The van der Waals surface area contributed by atoms with Gasteiger partial charge in [0.25, 0.3) is 0 Å². The molecule has 6 heterocycles. The molecule has 0 aliphatic carbocycles. The maximum Gasteiger partial charge on any atom is 0.314 e. The first-order valence-corrected chi connectivity index (χ1v) is 16.3. The molecule has 1 spiro atoms. The zero-order chi connectivity index (χ0) is 35.2. The Balaban J connectivity index is 1.13. The fraction of sp³-hybridized carbons (Fsp3) is 1.00. The predicted molar refractivity (Wildman–Crippen MR) is 155 cm³/mol. The molecule has 0 saturated carbocycles. The summed E-state index contributed by atoms with van der Waals surface area (Å²) in [4.78, 5) is 0. The monoisotopic (exact) mass is 714 g/mol. The number of hydrogen-bond donors (Lipinski definition) is 4. The standard InChI is InChI=1S/C30H50O19/c1-12-19(37-5)22(38-6)18(33)27(44-12)46-20-14(8-35-3)45-28(23(39-7)16(20)31)47-26-17(32)21-15(9-40-26)48-30(49-21)25-24(41-11-42-25)29(34,10-43-30)13(2)36-4/h12-28,31-34H,8-11H2,1-7H3/t12-,13?,14-,15+,16+,17-,18-,19+,20-,21-,22-,23+,24-,25-,26+,27+,28+,29-,30-/m1/s1. The predicted octanol–water partition coefficient (Wildman–Crippen LogP) is -3.04. The van der Waals surface area contributed by atoms with E-state index < -0.39 is 116 Å². The van der Waals surface area contributed by atoms with Gasteiger partial charge in [0.05, 0.1) is 32.0 Å². The molecule has 1 unspecified atom stereocenters. The third kappa shape index (κ3) is 6.69. The van der Waals surface area contributed by atoms with Crippen LogP contribution < -0.4 is 0 Å². The van der Waals surface area contributed by atoms with Crippen LogP contribution in [0.5, 0.6) is 0 Å². The number of aliphatic hydroxyl groups excluding tert-OH is 3. The first-order valence-electron chi connectivity index (χ1n) is 16.3. The SMILES string of the molecule is COC[C@H]1O[C@@H](O[C@@H]2OC[C@@H]3O[C@@]4(OC[C@@](O)(C(C)OC)[C@@H]5OCO[C@H]54)O[C@H]3[C@H]2O)[C@@H](OC)[C@@H](O)[C@@H]1O[C@@H]1O[C@H](C)[C@H](OC)[C@H](OC)[C@H]1O. The van der Waals surface area contributed by atoms with Gasteiger partial charge >= 0.3 is 5.97 Å². The molecule has 6 rings (SSSR count). The van der Waals surface area contributed by atoms with E-state index in [1.165, 1.54) is 35.5 Å². The Bertz CT molecular complexity index is 1090. The van der Waals surface area contributed by atoms with E-state index in [1.807, 2.05) is 0 Å². The highest BCUT2D eigenvalue weighted by molar-refractivity contribution is 5.08. The van der Waals surface area contributed by atoms with Gasteiger partial charge in [0.1, 0.15) is 79.5 Å². The van der Waals surface area contributed by atoms with Gasteiger partial charge in [-0.25, -0.2) is 0 Å². The normalized spacial score (nSPS) is 52.2. The zero-order valence-corrected chi connectivity index (χ0v) is 28.6. The van der Waals surface area contributed by atoms with Gasteiger partial charge in [-0.1, -0.05) is 0 Å². The molecule has 4 N–H and O–H groups in total. The van der Waals surface area contributed by atoms with Crippen LogP contribution in [0.15, 0.2) is 0 Å². The summed E-state index contributed by atoms with van der Waals surface area (Å²) in [6.07, 6.45) is -17.5. The van der Waals surface area contributed by atoms with Crippen LogP contribution in [0, 0.1) is 0 Å². The van der Waals surface area contributed by atoms with Crippen molar-refractivity contribution >= 4 is 0 Å². The molecule has 19 heteroatoms. The largest absolute Gasteiger partial charge is 0.387 e. The summed E-state index contributed by atoms with van der Waals surface area (Å²) < 4.78 is 87.2. The second kappa shape index (κ2) is 15.3. The molecule has 19 atom stereocenters. The first kappa shape index (κ1) is 38.0. The van der Waals surface area contributed by atoms with Crippen molar-refractivity contribution < 1.29 is 91.5 Å². The summed E-state index contributed by atoms with van der Waals surface area (Å²) in [7, 11) is 7.17. The molecular formula is C30H50O19. The average Bonchev–Trinajstić information content (AvgIpc) is 3.75. The molecular weight excluding hydrogens is 664 g/mol. The fourth-order valence-corrected chi connectivity index (χ4v) is 7.45. The molecule has 6 fully saturated rings. The Hall–Kier alpha value is -0.760. The maximum atomic E-state index is 11.5. The lowest BCUT2D eigenvalue weighted by Gasteiger charge is -2.48. The van der Waals surface area contributed by atoms with Crippen LogP contribution in [0.3, 0.4) is 0 Å². The van der Waals surface area contributed by atoms with E-state index in [0.29, 0.717) is 0 Å². The second-order valence-corrected chi connectivity index (χ2v) is 13.0. The van der Waals surface area contributed by atoms with E-state index in [9.17, 15) is 20.4 Å². The summed E-state index contributed by atoms with van der Waals surface area (Å²) in [6.45, 7) is 2.87. The van der Waals surface area contributed by atoms with E-state index in [4.69, 9.17) is 71.1 Å². The molecule has 0 aromatic heterocycles. The highest BCUT2D eigenvalue weighted by atomic mass is 16.9. The van der Waals surface area contributed by atoms with E-state index in [1.54, 1.807) is 13.8 Å². The molecule has 19 nitrogen and oxygen atoms in total. The van der Waals surface area contributed by atoms with Crippen molar-refractivity contribution in [3.8, 4) is 0 Å². The summed E-state index contributed by atoms with van der Waals surface area (Å²) in [5.74, 6) is -1.81. The lowest BCUT2D eigenvalue weighted by atomic mass is 9.85. The van der Waals surface area contributed by atoms with Gasteiger partial charge in [0.2, 0.25) is 0 Å². The van der Waals surface area contributed by atoms with Crippen LogP contribution in [0.4, 0.5) is 0 Å². The van der Waals surface area contributed by atoms with Crippen LogP contribution in [0.1, 0.15) is 13.8 Å². The van der Waals surface area contributed by atoms with E-state index in [0.717, 1.165) is 0 Å². The second-order valence-electron chi connectivity index (χ2n) is 13.0. The van der Waals surface area contributed by atoms with Gasteiger partial charge in [-0.05, 0) is 13.8 Å². The van der Waals surface area contributed by atoms with Crippen LogP contribution in [-0.2, 0) is 71.1 Å². The van der Waals surface area contributed by atoms with Crippen LogP contribution >= 0.6 is 0 Å². The van der Waals surface area contributed by atoms with Gasteiger partial charge < -0.3 is 91.5 Å². The molecule has 0 aromatic carbocycles. The molecule has 6 aliphatic rings. The number of fused-ring (bicyclic) bond motifs is 3. The third-order valence-electron chi connectivity index (χ3n) is 10.3. The van der Waals surface area contributed by atoms with Crippen LogP contribution in [0.25, 0.3) is 0 Å². The van der Waals surface area contributed by atoms with Crippen molar-refractivity contribution in [1.82, 2.24) is 0 Å². The Morgan fingerprint density at radius 3 is 2.14 bits per heavy atom. The van der Waals surface area contributed by atoms with Crippen molar-refractivity contribution in [2.24, 2.45) is 0 Å². The Kier molecular flexibility index (Phi) is 11.9. The zero-order valence-electron chi connectivity index (χ0n) is 28.6. The van der Waals surface area contributed by atoms with Crippen molar-refractivity contribution in [1.29, 1.82) is 0 Å². The van der Waals surface area contributed by atoms with Crippen LogP contribution in [0.2, 0.25) is 0 Å². The van der Waals surface area contributed by atoms with E-state index in [2.05, 4.69) is 0 Å². The average molecular weight is 715 g/mol. The molecule has 284 valence electrons. The van der Waals surface area contributed by atoms with Crippen molar-refractivity contribution in [2.45, 2.75) is 130 Å². The summed E-state index contributed by atoms with van der Waals surface area (Å²) in [5.41, 5.74) is -1.56. The maximum absolute atomic E-state index is 11.5. The summed E-state index contributed by atoms with van der Waals surface area (Å²) >= 11 is 0. The minimum atomic E-state index is -1.81. The van der Waals surface area contributed by atoms with E-state index >= 15 is 0 Å². The van der Waals surface area contributed by atoms with Crippen molar-refractivity contribution in [2.75, 3.05) is 62.2 Å². The summed E-state index contributed by atoms with van der Waals surface area (Å²) in [6, 6.07) is 0. The Morgan fingerprint density at radius 1 is 0.755 bits per heavy atom. The molecule has 0 aromatic rings. The lowest BCUT2D eigenvalue weighted by molar-refractivity contribution is -0.421. The topological polar surface area (TPSA) is 219 Å². The molecule has 6 aliphatic heterocycles. The lowest BCUT2D eigenvalue weighted by Crippen LogP contribution is -2.69. The van der Waals surface area contributed by atoms with Crippen LogP contribution in [-0.4, -0.2) is 198 Å². The quantitative estimate of drug-likeness (QED) is 0.167. The minimum absolute atomic E-state index is 0.0565. The Morgan fingerprint density at radius 2 is 1.47 bits per heavy atom. The number of hydrogen-bond acceptors (Lipinski definition) is 19. The molecule has 0 bridgehead atoms. The van der Waals surface area contributed by atoms with Gasteiger partial charge in [-0.2, -0.15) is 0 Å². The van der Waals surface area contributed by atoms with Gasteiger partial charge in [-0.15, -0.1) is 0 Å². The number of aliphatic hydroxyl groups is 4. The van der Waals surface area contributed by atoms with Crippen molar-refractivity contribution in [3.05, 3.63) is 0 Å². The first-order chi connectivity index (χ1) is 23.5. The minimum Gasteiger partial charge on any atom is -0.387 e. The fourth-order valence-electron chi connectivity index (χ4n) is 7.45. The molecule has 6 saturated heterocycles. The van der Waals surface area contributed by atoms with E-state index in [-0.39, 0.29) is 26.6 Å². The number of methoxy groups -OCH3 is 5. The molecule has 49 heavy (non-hydrogen) atoms. The number of ether oxygens (including phenoxy) is 15. The highest BCUT2D eigenvalue weighted by Gasteiger charge is 2.70. The summed E-state index contributed by atoms with van der Waals surface area (Å²) in [5, 5.41) is 45.3. The smallest absolute Gasteiger partial charge is 0.314 e. The molecule has 0 radical (unpaired) electrons.